The van der Waals surface area contributed by atoms with Gasteiger partial charge in [-0.25, -0.2) is 0 Å². The van der Waals surface area contributed by atoms with Gasteiger partial charge in [0.15, 0.2) is 0 Å². The lowest BCUT2D eigenvalue weighted by molar-refractivity contribution is -0.142. The van der Waals surface area contributed by atoms with Crippen LogP contribution in [0.3, 0.4) is 0 Å². The first-order valence-electron chi connectivity index (χ1n) is 9.08. The Hall–Kier alpha value is -1.78. The van der Waals surface area contributed by atoms with E-state index in [0.717, 1.165) is 12.0 Å². The molecule has 1 fully saturated rings. The molecule has 26 heavy (non-hydrogen) atoms. The first-order valence-corrected chi connectivity index (χ1v) is 9.46. The molecule has 140 valence electrons. The number of benzene rings is 1. The molecule has 1 aliphatic carbocycles. The Morgan fingerprint density at radius 1 is 1.27 bits per heavy atom. The Kier molecular flexibility index (Phi) is 5.18. The van der Waals surface area contributed by atoms with Crippen LogP contribution in [0.25, 0.3) is 0 Å². The van der Waals surface area contributed by atoms with E-state index in [0.29, 0.717) is 18.1 Å². The number of hydrogen-bond acceptors (Lipinski definition) is 2. The van der Waals surface area contributed by atoms with Crippen LogP contribution in [0, 0.1) is 11.3 Å². The number of aromatic nitrogens is 1. The summed E-state index contributed by atoms with van der Waals surface area (Å²) in [5.41, 5.74) is -0.0810. The molecule has 3 atom stereocenters. The van der Waals surface area contributed by atoms with Crippen molar-refractivity contribution in [1.82, 2.24) is 4.57 Å². The van der Waals surface area contributed by atoms with Gasteiger partial charge >= 0.3 is 5.97 Å². The van der Waals surface area contributed by atoms with Crippen LogP contribution in [0.5, 0.6) is 0 Å². The maximum absolute atomic E-state index is 12.0. The lowest BCUT2D eigenvalue weighted by Gasteiger charge is -2.32. The summed E-state index contributed by atoms with van der Waals surface area (Å²) in [6, 6.07) is 11.6. The predicted molar refractivity (Wildman–Crippen MR) is 103 cm³/mol. The molecule has 3 rings (SSSR count). The van der Waals surface area contributed by atoms with Gasteiger partial charge in [0.1, 0.15) is 5.60 Å². The fourth-order valence-electron chi connectivity index (χ4n) is 4.39. The van der Waals surface area contributed by atoms with E-state index in [2.05, 4.69) is 4.57 Å². The molecule has 0 spiro atoms. The monoisotopic (exact) mass is 375 g/mol. The maximum Gasteiger partial charge on any atom is 0.310 e. The number of carboxylic acid groups (broad SMARTS) is 1. The van der Waals surface area contributed by atoms with Gasteiger partial charge in [0.2, 0.25) is 0 Å². The molecule has 0 saturated heterocycles. The maximum atomic E-state index is 12.0. The predicted octanol–water partition coefficient (Wildman–Crippen LogP) is 4.83. The van der Waals surface area contributed by atoms with Crippen LogP contribution in [0.15, 0.2) is 48.8 Å². The van der Waals surface area contributed by atoms with Crippen molar-refractivity contribution in [2.24, 2.45) is 11.3 Å². The van der Waals surface area contributed by atoms with Gasteiger partial charge in [-0.3, -0.25) is 4.79 Å². The third-order valence-electron chi connectivity index (χ3n) is 5.69. The van der Waals surface area contributed by atoms with Gasteiger partial charge in [-0.2, -0.15) is 0 Å². The van der Waals surface area contributed by atoms with Gasteiger partial charge in [-0.05, 0) is 42.7 Å². The molecule has 1 aliphatic rings. The molecule has 2 aromatic rings. The van der Waals surface area contributed by atoms with Gasteiger partial charge in [0.05, 0.1) is 12.0 Å². The van der Waals surface area contributed by atoms with E-state index in [4.69, 9.17) is 16.3 Å². The summed E-state index contributed by atoms with van der Waals surface area (Å²) in [7, 11) is 0. The largest absolute Gasteiger partial charge is 0.481 e. The number of carboxylic acids is 1. The smallest absolute Gasteiger partial charge is 0.310 e. The number of hydrogen-bond donors (Lipinski definition) is 1. The van der Waals surface area contributed by atoms with E-state index in [9.17, 15) is 9.90 Å². The normalized spacial score (nSPS) is 25.0. The lowest BCUT2D eigenvalue weighted by atomic mass is 9.93. The van der Waals surface area contributed by atoms with Gasteiger partial charge < -0.3 is 14.4 Å². The summed E-state index contributed by atoms with van der Waals surface area (Å²) in [4.78, 5) is 12.0. The quantitative estimate of drug-likeness (QED) is 0.718. The van der Waals surface area contributed by atoms with Gasteiger partial charge in [-0.15, -0.1) is 0 Å². The summed E-state index contributed by atoms with van der Waals surface area (Å²) >= 11 is 6.02. The Morgan fingerprint density at radius 3 is 2.38 bits per heavy atom. The van der Waals surface area contributed by atoms with Gasteiger partial charge in [-0.1, -0.05) is 44.5 Å². The molecule has 0 amide bonds. The van der Waals surface area contributed by atoms with Crippen LogP contribution in [0.2, 0.25) is 5.02 Å². The van der Waals surface area contributed by atoms with E-state index < -0.39 is 22.9 Å². The second-order valence-corrected chi connectivity index (χ2v) is 8.05. The zero-order chi connectivity index (χ0) is 18.9. The molecule has 1 aromatic heterocycles. The minimum absolute atomic E-state index is 0.110. The third-order valence-corrected chi connectivity index (χ3v) is 5.94. The average Bonchev–Trinajstić information content (AvgIpc) is 2.93. The highest BCUT2D eigenvalue weighted by molar-refractivity contribution is 6.30. The number of aliphatic carboxylic acids is 1. The lowest BCUT2D eigenvalue weighted by Crippen LogP contribution is -2.36. The molecule has 0 radical (unpaired) electrons. The highest BCUT2D eigenvalue weighted by Gasteiger charge is 2.79. The third kappa shape index (κ3) is 3.06. The minimum atomic E-state index is -0.792. The molecule has 1 aromatic carbocycles. The van der Waals surface area contributed by atoms with Gasteiger partial charge in [0.25, 0.3) is 0 Å². The van der Waals surface area contributed by atoms with E-state index in [1.54, 1.807) is 0 Å². The summed E-state index contributed by atoms with van der Waals surface area (Å²) in [6.45, 7) is 6.59. The molecular weight excluding hydrogens is 350 g/mol. The minimum Gasteiger partial charge on any atom is -0.481 e. The van der Waals surface area contributed by atoms with Crippen molar-refractivity contribution in [3.05, 3.63) is 59.4 Å². The van der Waals surface area contributed by atoms with Crippen molar-refractivity contribution < 1.29 is 14.6 Å². The zero-order valence-electron chi connectivity index (χ0n) is 15.5. The number of nitrogens with zero attached hydrogens (tertiary/aromatic N) is 1. The highest BCUT2D eigenvalue weighted by Crippen LogP contribution is 2.69. The summed E-state index contributed by atoms with van der Waals surface area (Å²) < 4.78 is 8.43. The van der Waals surface area contributed by atoms with Crippen molar-refractivity contribution in [3.8, 4) is 0 Å². The van der Waals surface area contributed by atoms with Crippen molar-refractivity contribution in [3.63, 3.8) is 0 Å². The number of halogens is 1. The summed E-state index contributed by atoms with van der Waals surface area (Å²) in [6.07, 6.45) is 5.52. The molecule has 1 saturated carbocycles. The zero-order valence-corrected chi connectivity index (χ0v) is 16.2. The van der Waals surface area contributed by atoms with Crippen LogP contribution in [-0.2, 0) is 16.0 Å². The van der Waals surface area contributed by atoms with Crippen molar-refractivity contribution >= 4 is 17.6 Å². The van der Waals surface area contributed by atoms with E-state index in [1.807, 2.05) is 69.6 Å². The van der Waals surface area contributed by atoms with Gasteiger partial charge in [0, 0.05) is 29.4 Å². The summed E-state index contributed by atoms with van der Waals surface area (Å²) in [5, 5.41) is 10.6. The van der Waals surface area contributed by atoms with Crippen molar-refractivity contribution in [2.45, 2.75) is 45.3 Å². The van der Waals surface area contributed by atoms with E-state index in [-0.39, 0.29) is 6.04 Å². The molecule has 3 unspecified atom stereocenters. The molecule has 5 heteroatoms. The van der Waals surface area contributed by atoms with Crippen LogP contribution in [0.4, 0.5) is 0 Å². The Bertz CT molecular complexity index is 754. The Balaban J connectivity index is 2.03. The average molecular weight is 376 g/mol. The summed E-state index contributed by atoms with van der Waals surface area (Å²) in [5.74, 6) is -1.33. The van der Waals surface area contributed by atoms with E-state index in [1.165, 1.54) is 0 Å². The van der Waals surface area contributed by atoms with Crippen molar-refractivity contribution in [2.75, 3.05) is 6.61 Å². The number of ether oxygens (including phenoxy) is 1. The second-order valence-electron chi connectivity index (χ2n) is 7.61. The fraction of sp³-hybridized carbons (Fsp3) is 0.476. The number of carbonyl (C=O) groups is 1. The van der Waals surface area contributed by atoms with E-state index >= 15 is 0 Å². The molecule has 0 bridgehead atoms. The van der Waals surface area contributed by atoms with Crippen LogP contribution in [-0.4, -0.2) is 27.9 Å². The fourth-order valence-corrected chi connectivity index (χ4v) is 4.51. The molecule has 1 N–H and O–H groups in total. The topological polar surface area (TPSA) is 51.5 Å². The molecular formula is C21H26ClNO3. The SMILES string of the molecule is CCCOC1(C(Cc2ccc(Cl)cc2)n2cccc2)C(C(=O)O)C1(C)C. The molecule has 0 aliphatic heterocycles. The van der Waals surface area contributed by atoms with Crippen LogP contribution >= 0.6 is 11.6 Å². The first-order chi connectivity index (χ1) is 12.3. The molecule has 4 nitrogen and oxygen atoms in total. The Labute approximate surface area is 159 Å². The van der Waals surface area contributed by atoms with Crippen LogP contribution < -0.4 is 0 Å². The Morgan fingerprint density at radius 2 is 1.88 bits per heavy atom. The first kappa shape index (κ1) is 19.0. The highest BCUT2D eigenvalue weighted by atomic mass is 35.5. The standard InChI is InChI=1S/C21H26ClNO3/c1-4-13-26-21(18(19(24)25)20(21,2)3)17(23-11-5-6-12-23)14-15-7-9-16(22)10-8-15/h5-12,17-18H,4,13-14H2,1-3H3,(H,24,25). The molecule has 1 heterocycles. The number of rotatable bonds is 8. The second kappa shape index (κ2) is 7.09. The van der Waals surface area contributed by atoms with Crippen LogP contribution in [0.1, 0.15) is 38.8 Å². The van der Waals surface area contributed by atoms with Crippen molar-refractivity contribution in [1.29, 1.82) is 0 Å².